The maximum Gasteiger partial charge on any atom is 0.387 e. The number of methoxy groups -OCH3 is 1. The van der Waals surface area contributed by atoms with E-state index in [-0.39, 0.29) is 29.4 Å². The first-order chi connectivity index (χ1) is 10.9. The summed E-state index contributed by atoms with van der Waals surface area (Å²) in [6.45, 7) is -2.64. The van der Waals surface area contributed by atoms with Crippen molar-refractivity contribution in [3.05, 3.63) is 23.8 Å². The number of carbonyl (C=O) groups is 1. The Kier molecular flexibility index (Phi) is 5.76. The lowest BCUT2D eigenvalue weighted by Crippen LogP contribution is -2.39. The zero-order valence-corrected chi connectivity index (χ0v) is 13.3. The molecule has 1 aliphatic carbocycles. The van der Waals surface area contributed by atoms with Crippen molar-refractivity contribution in [3.63, 3.8) is 0 Å². The maximum absolute atomic E-state index is 12.5. The second-order valence-corrected chi connectivity index (χ2v) is 5.76. The van der Waals surface area contributed by atoms with Crippen molar-refractivity contribution in [2.24, 2.45) is 11.7 Å². The van der Waals surface area contributed by atoms with Gasteiger partial charge in [-0.25, -0.2) is 0 Å². The first-order valence-electron chi connectivity index (χ1n) is 7.54. The summed E-state index contributed by atoms with van der Waals surface area (Å²) in [6, 6.07) is 4.63. The van der Waals surface area contributed by atoms with Crippen molar-refractivity contribution in [2.45, 2.75) is 38.5 Å². The minimum Gasteiger partial charge on any atom is -0.493 e. The molecule has 1 aromatic carbocycles. The summed E-state index contributed by atoms with van der Waals surface area (Å²) in [5.74, 6) is 0.0106. The van der Waals surface area contributed by atoms with E-state index < -0.39 is 6.61 Å². The predicted octanol–water partition coefficient (Wildman–Crippen LogP) is 2.38. The number of nitrogens with two attached hydrogens (primary N) is 1. The molecule has 0 aliphatic heterocycles. The Bertz CT molecular complexity index is 554. The number of carbonyl (C=O) groups excluding carboxylic acids is 1. The van der Waals surface area contributed by atoms with E-state index in [1.807, 2.05) is 0 Å². The topological polar surface area (TPSA) is 64.8 Å². The van der Waals surface area contributed by atoms with Gasteiger partial charge in [-0.2, -0.15) is 8.78 Å². The van der Waals surface area contributed by atoms with Gasteiger partial charge in [-0.15, -0.1) is 0 Å². The molecular formula is C16H22F2N2O3. The standard InChI is InChI=1S/C16H22F2N2O3/c1-20(15(21)11-4-3-5-12(11)19)9-10-6-7-13(22-2)14(8-10)23-16(17)18/h6-8,11-12,16H,3-5,9,19H2,1-2H3/t11-,12-/m1/s1. The molecule has 0 saturated heterocycles. The van der Waals surface area contributed by atoms with Crippen LogP contribution in [0.2, 0.25) is 0 Å². The van der Waals surface area contributed by atoms with Gasteiger partial charge < -0.3 is 20.1 Å². The number of ether oxygens (including phenoxy) is 2. The molecule has 1 aliphatic rings. The fourth-order valence-electron chi connectivity index (χ4n) is 2.94. The lowest BCUT2D eigenvalue weighted by Gasteiger charge is -2.24. The monoisotopic (exact) mass is 328 g/mol. The molecule has 0 aromatic heterocycles. The molecular weight excluding hydrogens is 306 g/mol. The third-order valence-corrected chi connectivity index (χ3v) is 4.13. The van der Waals surface area contributed by atoms with Gasteiger partial charge in [0.05, 0.1) is 13.0 Å². The quantitative estimate of drug-likeness (QED) is 0.871. The highest BCUT2D eigenvalue weighted by Crippen LogP contribution is 2.30. The van der Waals surface area contributed by atoms with Gasteiger partial charge in [-0.1, -0.05) is 12.5 Å². The van der Waals surface area contributed by atoms with Crippen molar-refractivity contribution in [2.75, 3.05) is 14.2 Å². The van der Waals surface area contributed by atoms with E-state index in [2.05, 4.69) is 4.74 Å². The summed E-state index contributed by atoms with van der Waals surface area (Å²) in [7, 11) is 3.07. The minimum absolute atomic E-state index is 0.0119. The van der Waals surface area contributed by atoms with Gasteiger partial charge in [-0.05, 0) is 30.5 Å². The van der Waals surface area contributed by atoms with Gasteiger partial charge in [-0.3, -0.25) is 4.79 Å². The summed E-state index contributed by atoms with van der Waals surface area (Å²) in [4.78, 5) is 14.0. The molecule has 0 radical (unpaired) electrons. The van der Waals surface area contributed by atoms with Crippen LogP contribution in [0.1, 0.15) is 24.8 Å². The Morgan fingerprint density at radius 1 is 1.39 bits per heavy atom. The third-order valence-electron chi connectivity index (χ3n) is 4.13. The second kappa shape index (κ2) is 7.59. The highest BCUT2D eigenvalue weighted by atomic mass is 19.3. The molecule has 1 amide bonds. The second-order valence-electron chi connectivity index (χ2n) is 5.76. The molecule has 23 heavy (non-hydrogen) atoms. The fourth-order valence-corrected chi connectivity index (χ4v) is 2.94. The van der Waals surface area contributed by atoms with Crippen molar-refractivity contribution >= 4 is 5.91 Å². The van der Waals surface area contributed by atoms with Crippen molar-refractivity contribution in [1.82, 2.24) is 4.90 Å². The van der Waals surface area contributed by atoms with Crippen molar-refractivity contribution < 1.29 is 23.0 Å². The van der Waals surface area contributed by atoms with Gasteiger partial charge in [0.15, 0.2) is 11.5 Å². The first-order valence-corrected chi connectivity index (χ1v) is 7.54. The molecule has 2 rings (SSSR count). The summed E-state index contributed by atoms with van der Waals surface area (Å²) in [6.07, 6.45) is 2.62. The molecule has 5 nitrogen and oxygen atoms in total. The van der Waals surface area contributed by atoms with Crippen LogP contribution in [0.3, 0.4) is 0 Å². The number of benzene rings is 1. The highest BCUT2D eigenvalue weighted by molar-refractivity contribution is 5.79. The zero-order chi connectivity index (χ0) is 17.0. The molecule has 1 fully saturated rings. The number of nitrogens with zero attached hydrogens (tertiary/aromatic N) is 1. The van der Waals surface area contributed by atoms with Gasteiger partial charge in [0.2, 0.25) is 5.91 Å². The predicted molar refractivity (Wildman–Crippen MR) is 81.4 cm³/mol. The van der Waals surface area contributed by atoms with Crippen molar-refractivity contribution in [1.29, 1.82) is 0 Å². The number of hydrogen-bond acceptors (Lipinski definition) is 4. The van der Waals surface area contributed by atoms with Crippen LogP contribution >= 0.6 is 0 Å². The zero-order valence-electron chi connectivity index (χ0n) is 13.3. The molecule has 0 spiro atoms. The van der Waals surface area contributed by atoms with E-state index >= 15 is 0 Å². The first kappa shape index (κ1) is 17.5. The van der Waals surface area contributed by atoms with E-state index in [9.17, 15) is 13.6 Å². The Balaban J connectivity index is 2.08. The molecule has 0 bridgehead atoms. The lowest BCUT2D eigenvalue weighted by atomic mass is 10.0. The fraction of sp³-hybridized carbons (Fsp3) is 0.562. The van der Waals surface area contributed by atoms with E-state index in [1.54, 1.807) is 24.1 Å². The van der Waals surface area contributed by atoms with Crippen LogP contribution < -0.4 is 15.2 Å². The average molecular weight is 328 g/mol. The Hall–Kier alpha value is -1.89. The number of halogens is 2. The van der Waals surface area contributed by atoms with Gasteiger partial charge in [0, 0.05) is 19.6 Å². The summed E-state index contributed by atoms with van der Waals surface area (Å²) in [5, 5.41) is 0. The molecule has 0 unspecified atom stereocenters. The maximum atomic E-state index is 12.5. The largest absolute Gasteiger partial charge is 0.493 e. The Morgan fingerprint density at radius 2 is 2.13 bits per heavy atom. The smallest absolute Gasteiger partial charge is 0.387 e. The van der Waals surface area contributed by atoms with Crippen LogP contribution in [0, 0.1) is 5.92 Å². The van der Waals surface area contributed by atoms with Crippen LogP contribution in [-0.4, -0.2) is 37.6 Å². The minimum atomic E-state index is -2.94. The number of hydrogen-bond donors (Lipinski definition) is 1. The number of rotatable bonds is 6. The van der Waals surface area contributed by atoms with Gasteiger partial charge in [0.1, 0.15) is 0 Å². The molecule has 7 heteroatoms. The van der Waals surface area contributed by atoms with Crippen LogP contribution in [-0.2, 0) is 11.3 Å². The average Bonchev–Trinajstić information content (AvgIpc) is 2.92. The molecule has 2 N–H and O–H groups in total. The van der Waals surface area contributed by atoms with Crippen LogP contribution in [0.5, 0.6) is 11.5 Å². The van der Waals surface area contributed by atoms with Gasteiger partial charge in [0.25, 0.3) is 0 Å². The normalized spacial score (nSPS) is 20.6. The van der Waals surface area contributed by atoms with Crippen LogP contribution in [0.25, 0.3) is 0 Å². The molecule has 1 aromatic rings. The van der Waals surface area contributed by atoms with Crippen LogP contribution in [0.15, 0.2) is 18.2 Å². The van der Waals surface area contributed by atoms with E-state index in [4.69, 9.17) is 10.5 Å². The molecule has 2 atom stereocenters. The van der Waals surface area contributed by atoms with Crippen LogP contribution in [0.4, 0.5) is 8.78 Å². The lowest BCUT2D eigenvalue weighted by molar-refractivity contribution is -0.134. The summed E-state index contributed by atoms with van der Waals surface area (Å²) < 4.78 is 34.3. The SMILES string of the molecule is COc1ccc(CN(C)C(=O)[C@@H]2CCC[C@H]2N)cc1OC(F)F. The summed E-state index contributed by atoms with van der Waals surface area (Å²) >= 11 is 0. The van der Waals surface area contributed by atoms with Crippen molar-refractivity contribution in [3.8, 4) is 11.5 Å². The number of amides is 1. The molecule has 128 valence electrons. The summed E-state index contributed by atoms with van der Waals surface area (Å²) in [5.41, 5.74) is 6.64. The highest BCUT2D eigenvalue weighted by Gasteiger charge is 2.32. The Labute approximate surface area is 134 Å². The molecule has 1 saturated carbocycles. The van der Waals surface area contributed by atoms with E-state index in [0.717, 1.165) is 19.3 Å². The third kappa shape index (κ3) is 4.31. The van der Waals surface area contributed by atoms with E-state index in [0.29, 0.717) is 12.1 Å². The Morgan fingerprint density at radius 3 is 2.70 bits per heavy atom. The van der Waals surface area contributed by atoms with Gasteiger partial charge >= 0.3 is 6.61 Å². The molecule has 0 heterocycles. The number of alkyl halides is 2. The van der Waals surface area contributed by atoms with E-state index in [1.165, 1.54) is 13.2 Å².